The zero-order valence-corrected chi connectivity index (χ0v) is 12.1. The normalized spacial score (nSPS) is 21.3. The summed E-state index contributed by atoms with van der Waals surface area (Å²) >= 11 is 0. The summed E-state index contributed by atoms with van der Waals surface area (Å²) in [6, 6.07) is 1.82. The standard InChI is InChI=1S/C12H20N4O2S/c1-3-13-12-15-9(2)7-11(16-12)14-8-10-5-4-6-19(10,17)18/h7,10H,3-6,8H2,1-2H3,(H2,13,14,15,16). The molecule has 7 heteroatoms. The Morgan fingerprint density at radius 1 is 1.37 bits per heavy atom. The van der Waals surface area contributed by atoms with E-state index in [1.165, 1.54) is 0 Å². The number of hydrogen-bond donors (Lipinski definition) is 2. The van der Waals surface area contributed by atoms with Gasteiger partial charge >= 0.3 is 0 Å². The van der Waals surface area contributed by atoms with Gasteiger partial charge in [0.25, 0.3) is 0 Å². The molecule has 2 N–H and O–H groups in total. The average Bonchev–Trinajstić information content (AvgIpc) is 2.65. The zero-order valence-electron chi connectivity index (χ0n) is 11.3. The monoisotopic (exact) mass is 284 g/mol. The predicted molar refractivity (Wildman–Crippen MR) is 76.2 cm³/mol. The molecule has 1 unspecified atom stereocenters. The highest BCUT2D eigenvalue weighted by Crippen LogP contribution is 2.20. The van der Waals surface area contributed by atoms with Crippen LogP contribution in [0, 0.1) is 6.92 Å². The molecule has 1 aromatic heterocycles. The number of sulfone groups is 1. The molecular formula is C12H20N4O2S. The minimum Gasteiger partial charge on any atom is -0.369 e. The molecule has 19 heavy (non-hydrogen) atoms. The lowest BCUT2D eigenvalue weighted by Gasteiger charge is -2.12. The molecule has 0 aliphatic carbocycles. The Kier molecular flexibility index (Phi) is 4.24. The molecule has 0 saturated carbocycles. The van der Waals surface area contributed by atoms with Crippen molar-refractivity contribution in [3.63, 3.8) is 0 Å². The molecular weight excluding hydrogens is 264 g/mol. The smallest absolute Gasteiger partial charge is 0.224 e. The number of rotatable bonds is 5. The van der Waals surface area contributed by atoms with E-state index in [1.54, 1.807) is 0 Å². The number of hydrogen-bond acceptors (Lipinski definition) is 6. The van der Waals surface area contributed by atoms with Gasteiger partial charge in [-0.1, -0.05) is 0 Å². The van der Waals surface area contributed by atoms with Crippen LogP contribution in [0.15, 0.2) is 6.07 Å². The second-order valence-corrected chi connectivity index (χ2v) is 7.16. The van der Waals surface area contributed by atoms with Crippen LogP contribution in [0.5, 0.6) is 0 Å². The molecule has 1 saturated heterocycles. The van der Waals surface area contributed by atoms with E-state index in [1.807, 2.05) is 19.9 Å². The summed E-state index contributed by atoms with van der Waals surface area (Å²) in [4.78, 5) is 8.56. The van der Waals surface area contributed by atoms with Gasteiger partial charge < -0.3 is 10.6 Å². The maximum atomic E-state index is 11.7. The Morgan fingerprint density at radius 3 is 2.79 bits per heavy atom. The van der Waals surface area contributed by atoms with Crippen LogP contribution in [0.2, 0.25) is 0 Å². The van der Waals surface area contributed by atoms with Gasteiger partial charge in [0, 0.05) is 24.8 Å². The van der Waals surface area contributed by atoms with Crippen molar-refractivity contribution >= 4 is 21.6 Å². The minimum absolute atomic E-state index is 0.287. The molecule has 0 aromatic carbocycles. The van der Waals surface area contributed by atoms with Crippen molar-refractivity contribution in [1.29, 1.82) is 0 Å². The molecule has 106 valence electrons. The van der Waals surface area contributed by atoms with Crippen molar-refractivity contribution in [3.05, 3.63) is 11.8 Å². The van der Waals surface area contributed by atoms with Gasteiger partial charge in [0.1, 0.15) is 5.82 Å². The van der Waals surface area contributed by atoms with Gasteiger partial charge in [0.2, 0.25) is 5.95 Å². The van der Waals surface area contributed by atoms with Crippen molar-refractivity contribution in [3.8, 4) is 0 Å². The Bertz CT molecular complexity index is 545. The summed E-state index contributed by atoms with van der Waals surface area (Å²) in [5, 5.41) is 5.88. The zero-order chi connectivity index (χ0) is 13.9. The summed E-state index contributed by atoms with van der Waals surface area (Å²) in [6.07, 6.45) is 1.50. The van der Waals surface area contributed by atoms with Gasteiger partial charge in [0.05, 0.1) is 11.0 Å². The van der Waals surface area contributed by atoms with E-state index in [-0.39, 0.29) is 5.25 Å². The summed E-state index contributed by atoms with van der Waals surface area (Å²) < 4.78 is 23.5. The fourth-order valence-corrected chi connectivity index (χ4v) is 3.97. The van der Waals surface area contributed by atoms with Gasteiger partial charge in [-0.25, -0.2) is 13.4 Å². The van der Waals surface area contributed by atoms with Crippen molar-refractivity contribution < 1.29 is 8.42 Å². The van der Waals surface area contributed by atoms with Crippen molar-refractivity contribution in [2.45, 2.75) is 31.9 Å². The first kappa shape index (κ1) is 14.0. The van der Waals surface area contributed by atoms with Crippen LogP contribution < -0.4 is 10.6 Å². The second kappa shape index (κ2) is 5.73. The Balaban J connectivity index is 2.03. The SMILES string of the molecule is CCNc1nc(C)cc(NCC2CCCS2(=O)=O)n1. The molecule has 2 rings (SSSR count). The Labute approximate surface area is 114 Å². The molecule has 1 aromatic rings. The molecule has 1 atom stereocenters. The number of aryl methyl sites for hydroxylation is 1. The second-order valence-electron chi connectivity index (χ2n) is 4.76. The van der Waals surface area contributed by atoms with Crippen LogP contribution in [0.3, 0.4) is 0 Å². The number of nitrogens with one attached hydrogen (secondary N) is 2. The fourth-order valence-electron chi connectivity index (χ4n) is 2.20. The summed E-state index contributed by atoms with van der Waals surface area (Å²) in [5.74, 6) is 1.55. The molecule has 6 nitrogen and oxygen atoms in total. The largest absolute Gasteiger partial charge is 0.369 e. The van der Waals surface area contributed by atoms with Crippen LogP contribution in [0.25, 0.3) is 0 Å². The van der Waals surface area contributed by atoms with Gasteiger partial charge in [-0.15, -0.1) is 0 Å². The van der Waals surface area contributed by atoms with Crippen LogP contribution in [-0.2, 0) is 9.84 Å². The van der Waals surface area contributed by atoms with E-state index in [4.69, 9.17) is 0 Å². The number of aromatic nitrogens is 2. The molecule has 2 heterocycles. The third-order valence-electron chi connectivity index (χ3n) is 3.16. The van der Waals surface area contributed by atoms with Gasteiger partial charge in [-0.2, -0.15) is 4.98 Å². The van der Waals surface area contributed by atoms with Gasteiger partial charge in [-0.3, -0.25) is 0 Å². The van der Waals surface area contributed by atoms with Crippen molar-refractivity contribution in [1.82, 2.24) is 9.97 Å². The van der Waals surface area contributed by atoms with Crippen molar-refractivity contribution in [2.24, 2.45) is 0 Å². The maximum absolute atomic E-state index is 11.7. The summed E-state index contributed by atoms with van der Waals surface area (Å²) in [7, 11) is -2.91. The highest BCUT2D eigenvalue weighted by molar-refractivity contribution is 7.92. The first-order chi connectivity index (χ1) is 9.01. The van der Waals surface area contributed by atoms with Gasteiger partial charge in [-0.05, 0) is 26.7 Å². The third-order valence-corrected chi connectivity index (χ3v) is 5.44. The van der Waals surface area contributed by atoms with E-state index < -0.39 is 9.84 Å². The van der Waals surface area contributed by atoms with Crippen LogP contribution in [0.1, 0.15) is 25.5 Å². The number of anilines is 2. The Morgan fingerprint density at radius 2 is 2.16 bits per heavy atom. The topological polar surface area (TPSA) is 84.0 Å². The fraction of sp³-hybridized carbons (Fsp3) is 0.667. The first-order valence-electron chi connectivity index (χ1n) is 6.56. The Hall–Kier alpha value is -1.37. The summed E-state index contributed by atoms with van der Waals surface area (Å²) in [6.45, 7) is 5.04. The number of nitrogens with zero attached hydrogens (tertiary/aromatic N) is 2. The lowest BCUT2D eigenvalue weighted by atomic mass is 10.2. The highest BCUT2D eigenvalue weighted by Gasteiger charge is 2.30. The third kappa shape index (κ3) is 3.56. The first-order valence-corrected chi connectivity index (χ1v) is 8.28. The molecule has 0 bridgehead atoms. The van der Waals surface area contributed by atoms with E-state index in [2.05, 4.69) is 20.6 Å². The predicted octanol–water partition coefficient (Wildman–Crippen LogP) is 1.21. The summed E-state index contributed by atoms with van der Waals surface area (Å²) in [5.41, 5.74) is 0.850. The van der Waals surface area contributed by atoms with E-state index in [9.17, 15) is 8.42 Å². The van der Waals surface area contributed by atoms with Crippen LogP contribution >= 0.6 is 0 Å². The van der Waals surface area contributed by atoms with E-state index in [0.29, 0.717) is 24.1 Å². The van der Waals surface area contributed by atoms with Crippen molar-refractivity contribution in [2.75, 3.05) is 29.5 Å². The molecule has 1 aliphatic heterocycles. The van der Waals surface area contributed by atoms with E-state index >= 15 is 0 Å². The van der Waals surface area contributed by atoms with Gasteiger partial charge in [0.15, 0.2) is 9.84 Å². The molecule has 0 amide bonds. The molecule has 0 radical (unpaired) electrons. The highest BCUT2D eigenvalue weighted by atomic mass is 32.2. The maximum Gasteiger partial charge on any atom is 0.224 e. The van der Waals surface area contributed by atoms with E-state index in [0.717, 1.165) is 25.1 Å². The molecule has 1 fully saturated rings. The lowest BCUT2D eigenvalue weighted by Crippen LogP contribution is -2.25. The molecule has 1 aliphatic rings. The minimum atomic E-state index is -2.91. The van der Waals surface area contributed by atoms with Crippen LogP contribution in [0.4, 0.5) is 11.8 Å². The molecule has 0 spiro atoms. The average molecular weight is 284 g/mol. The lowest BCUT2D eigenvalue weighted by molar-refractivity contribution is 0.591. The van der Waals surface area contributed by atoms with Crippen LogP contribution in [-0.4, -0.2) is 42.5 Å². The quantitative estimate of drug-likeness (QED) is 0.845.